The second kappa shape index (κ2) is 7.45. The van der Waals surface area contributed by atoms with Gasteiger partial charge in [-0.3, -0.25) is 9.88 Å². The summed E-state index contributed by atoms with van der Waals surface area (Å²) in [4.78, 5) is 6.73. The molecule has 1 heterocycles. The summed E-state index contributed by atoms with van der Waals surface area (Å²) >= 11 is 0. The quantitative estimate of drug-likeness (QED) is 0.826. The van der Waals surface area contributed by atoms with Crippen LogP contribution in [0.5, 0.6) is 11.5 Å². The minimum Gasteiger partial charge on any atom is -0.493 e. The zero-order valence-corrected chi connectivity index (χ0v) is 12.3. The van der Waals surface area contributed by atoms with E-state index in [2.05, 4.69) is 9.88 Å². The van der Waals surface area contributed by atoms with E-state index in [1.807, 2.05) is 0 Å². The van der Waals surface area contributed by atoms with Crippen LogP contribution in [0.25, 0.3) is 0 Å². The molecule has 0 bridgehead atoms. The van der Waals surface area contributed by atoms with Crippen LogP contribution in [-0.2, 0) is 6.54 Å². The summed E-state index contributed by atoms with van der Waals surface area (Å²) in [6.45, 7) is 1.53. The van der Waals surface area contributed by atoms with Crippen molar-refractivity contribution >= 4 is 0 Å². The first-order chi connectivity index (χ1) is 9.80. The molecule has 1 N–H and O–H groups in total. The summed E-state index contributed by atoms with van der Waals surface area (Å²) in [5.74, 6) is 1.39. The van der Waals surface area contributed by atoms with E-state index in [4.69, 9.17) is 9.47 Å². The molecule has 1 saturated carbocycles. The van der Waals surface area contributed by atoms with Gasteiger partial charge in [-0.1, -0.05) is 12.8 Å². The molecule has 1 aromatic rings. The van der Waals surface area contributed by atoms with Gasteiger partial charge in [0.25, 0.3) is 0 Å². The largest absolute Gasteiger partial charge is 0.493 e. The Bertz CT molecular complexity index is 420. The highest BCUT2D eigenvalue weighted by atomic mass is 16.5. The van der Waals surface area contributed by atoms with E-state index < -0.39 is 0 Å². The number of aliphatic hydroxyl groups is 1. The molecule has 0 saturated heterocycles. The van der Waals surface area contributed by atoms with Crippen LogP contribution in [0.4, 0.5) is 0 Å². The smallest absolute Gasteiger partial charge is 0.183 e. The zero-order chi connectivity index (χ0) is 14.4. The third kappa shape index (κ3) is 3.41. The van der Waals surface area contributed by atoms with Crippen LogP contribution in [-0.4, -0.2) is 48.4 Å². The molecule has 0 aliphatic heterocycles. The van der Waals surface area contributed by atoms with E-state index >= 15 is 0 Å². The zero-order valence-electron chi connectivity index (χ0n) is 12.3. The van der Waals surface area contributed by atoms with Gasteiger partial charge in [0.1, 0.15) is 5.69 Å². The highest BCUT2D eigenvalue weighted by Gasteiger charge is 2.24. The predicted molar refractivity (Wildman–Crippen MR) is 77.1 cm³/mol. The standard InChI is InChI=1S/C15H24N2O3/c1-19-14-7-8-16-13(15(14)20-2)11-17(9-10-18)12-5-3-4-6-12/h7-8,12,18H,3-6,9-11H2,1-2H3. The van der Waals surface area contributed by atoms with Crippen molar-refractivity contribution in [1.82, 2.24) is 9.88 Å². The first-order valence-electron chi connectivity index (χ1n) is 7.21. The van der Waals surface area contributed by atoms with Crippen LogP contribution in [0.15, 0.2) is 12.3 Å². The molecule has 1 aliphatic rings. The number of aliphatic hydroxyl groups excluding tert-OH is 1. The van der Waals surface area contributed by atoms with Gasteiger partial charge in [0.15, 0.2) is 11.5 Å². The van der Waals surface area contributed by atoms with E-state index in [9.17, 15) is 5.11 Å². The lowest BCUT2D eigenvalue weighted by atomic mass is 10.2. The van der Waals surface area contributed by atoms with Crippen molar-refractivity contribution < 1.29 is 14.6 Å². The topological polar surface area (TPSA) is 54.8 Å². The van der Waals surface area contributed by atoms with Crippen molar-refractivity contribution in [3.8, 4) is 11.5 Å². The molecule has 0 aromatic carbocycles. The van der Waals surface area contributed by atoms with Crippen molar-refractivity contribution in [2.75, 3.05) is 27.4 Å². The van der Waals surface area contributed by atoms with E-state index in [-0.39, 0.29) is 6.61 Å². The second-order valence-electron chi connectivity index (χ2n) is 5.13. The van der Waals surface area contributed by atoms with Crippen LogP contribution < -0.4 is 9.47 Å². The second-order valence-corrected chi connectivity index (χ2v) is 5.13. The summed E-state index contributed by atoms with van der Waals surface area (Å²) in [6, 6.07) is 2.34. The van der Waals surface area contributed by atoms with Crippen molar-refractivity contribution in [3.05, 3.63) is 18.0 Å². The Hall–Kier alpha value is -1.33. The van der Waals surface area contributed by atoms with Gasteiger partial charge in [-0.05, 0) is 12.8 Å². The molecule has 0 radical (unpaired) electrons. The maximum Gasteiger partial charge on any atom is 0.183 e. The maximum absolute atomic E-state index is 9.28. The highest BCUT2D eigenvalue weighted by molar-refractivity contribution is 5.42. The molecule has 0 unspecified atom stereocenters. The third-order valence-corrected chi connectivity index (χ3v) is 3.95. The van der Waals surface area contributed by atoms with Crippen LogP contribution in [0.1, 0.15) is 31.4 Å². The van der Waals surface area contributed by atoms with Crippen molar-refractivity contribution in [1.29, 1.82) is 0 Å². The van der Waals surface area contributed by atoms with E-state index in [0.717, 1.165) is 5.69 Å². The number of rotatable bonds is 7. The fourth-order valence-electron chi connectivity index (χ4n) is 2.94. The van der Waals surface area contributed by atoms with Crippen LogP contribution in [0.3, 0.4) is 0 Å². The summed E-state index contributed by atoms with van der Waals surface area (Å²) in [7, 11) is 3.26. The Kier molecular flexibility index (Phi) is 5.61. The van der Waals surface area contributed by atoms with Crippen molar-refractivity contribution in [2.45, 2.75) is 38.3 Å². The lowest BCUT2D eigenvalue weighted by Gasteiger charge is -2.28. The van der Waals surface area contributed by atoms with Gasteiger partial charge >= 0.3 is 0 Å². The monoisotopic (exact) mass is 280 g/mol. The number of hydrogen-bond acceptors (Lipinski definition) is 5. The lowest BCUT2D eigenvalue weighted by Crippen LogP contribution is -2.35. The van der Waals surface area contributed by atoms with Gasteiger partial charge in [0.2, 0.25) is 0 Å². The van der Waals surface area contributed by atoms with Gasteiger partial charge in [-0.2, -0.15) is 0 Å². The average molecular weight is 280 g/mol. The van der Waals surface area contributed by atoms with E-state index in [1.165, 1.54) is 25.7 Å². The van der Waals surface area contributed by atoms with Crippen LogP contribution in [0.2, 0.25) is 0 Å². The molecule has 0 amide bonds. The molecule has 0 atom stereocenters. The third-order valence-electron chi connectivity index (χ3n) is 3.95. The maximum atomic E-state index is 9.28. The molecule has 20 heavy (non-hydrogen) atoms. The molecule has 1 fully saturated rings. The molecule has 5 heteroatoms. The Morgan fingerprint density at radius 3 is 2.65 bits per heavy atom. The van der Waals surface area contributed by atoms with Gasteiger partial charge in [0, 0.05) is 31.4 Å². The van der Waals surface area contributed by atoms with Crippen molar-refractivity contribution in [3.63, 3.8) is 0 Å². The molecule has 2 rings (SSSR count). The van der Waals surface area contributed by atoms with Gasteiger partial charge < -0.3 is 14.6 Å². The SMILES string of the molecule is COc1ccnc(CN(CCO)C2CCCC2)c1OC. The molecule has 1 aromatic heterocycles. The number of methoxy groups -OCH3 is 2. The summed E-state index contributed by atoms with van der Waals surface area (Å²) < 4.78 is 10.7. The fourth-order valence-corrected chi connectivity index (χ4v) is 2.94. The number of nitrogens with zero attached hydrogens (tertiary/aromatic N) is 2. The molecular formula is C15H24N2O3. The first-order valence-corrected chi connectivity index (χ1v) is 7.21. The molecule has 112 valence electrons. The number of pyridine rings is 1. The predicted octanol–water partition coefficient (Wildman–Crippen LogP) is 1.84. The molecule has 0 spiro atoms. The fraction of sp³-hybridized carbons (Fsp3) is 0.667. The van der Waals surface area contributed by atoms with Crippen LogP contribution in [0, 0.1) is 0 Å². The Morgan fingerprint density at radius 1 is 1.30 bits per heavy atom. The average Bonchev–Trinajstić information content (AvgIpc) is 3.00. The lowest BCUT2D eigenvalue weighted by molar-refractivity contribution is 0.141. The molecule has 5 nitrogen and oxygen atoms in total. The minimum atomic E-state index is 0.169. The van der Waals surface area contributed by atoms with Gasteiger partial charge in [-0.15, -0.1) is 0 Å². The van der Waals surface area contributed by atoms with Crippen LogP contribution >= 0.6 is 0 Å². The first kappa shape index (κ1) is 15.1. The molecule has 1 aliphatic carbocycles. The van der Waals surface area contributed by atoms with Crippen molar-refractivity contribution in [2.24, 2.45) is 0 Å². The van der Waals surface area contributed by atoms with Gasteiger partial charge in [-0.25, -0.2) is 0 Å². The minimum absolute atomic E-state index is 0.169. The molecular weight excluding hydrogens is 256 g/mol. The van der Waals surface area contributed by atoms with E-state index in [0.29, 0.717) is 30.6 Å². The normalized spacial score (nSPS) is 15.8. The van der Waals surface area contributed by atoms with E-state index in [1.54, 1.807) is 26.5 Å². The number of ether oxygens (including phenoxy) is 2. The number of hydrogen-bond donors (Lipinski definition) is 1. The van der Waals surface area contributed by atoms with Gasteiger partial charge in [0.05, 0.1) is 20.8 Å². The summed E-state index contributed by atoms with van der Waals surface area (Å²) in [5.41, 5.74) is 0.868. The highest BCUT2D eigenvalue weighted by Crippen LogP contribution is 2.31. The Balaban J connectivity index is 2.17. The summed E-state index contributed by atoms with van der Waals surface area (Å²) in [5, 5.41) is 9.28. The summed E-state index contributed by atoms with van der Waals surface area (Å²) in [6.07, 6.45) is 6.69. The number of aromatic nitrogens is 1. The Morgan fingerprint density at radius 2 is 2.05 bits per heavy atom. The Labute approximate surface area is 120 Å².